The number of aromatic nitrogens is 3. The van der Waals surface area contributed by atoms with Crippen LogP contribution in [-0.2, 0) is 7.05 Å². The standard InChI is InChI=1S/C12H15BrN4S/c1-7(14)10-5-4-9(6-11(10)13)18-12-16-15-8(2)17(12)3/h4-7H,14H2,1-3H3. The van der Waals surface area contributed by atoms with Crippen molar-refractivity contribution < 1.29 is 0 Å². The molecule has 2 N–H and O–H groups in total. The van der Waals surface area contributed by atoms with Gasteiger partial charge in [0.25, 0.3) is 0 Å². The van der Waals surface area contributed by atoms with E-state index in [4.69, 9.17) is 5.73 Å². The molecule has 18 heavy (non-hydrogen) atoms. The van der Waals surface area contributed by atoms with Gasteiger partial charge < -0.3 is 10.3 Å². The Kier molecular flexibility index (Phi) is 4.09. The highest BCUT2D eigenvalue weighted by atomic mass is 79.9. The van der Waals surface area contributed by atoms with Gasteiger partial charge in [0.2, 0.25) is 0 Å². The summed E-state index contributed by atoms with van der Waals surface area (Å²) in [6.45, 7) is 3.91. The maximum atomic E-state index is 5.88. The first kappa shape index (κ1) is 13.6. The molecule has 0 saturated carbocycles. The Hall–Kier alpha value is -0.850. The SMILES string of the molecule is Cc1nnc(Sc2ccc(C(C)N)c(Br)c2)n1C. The predicted octanol–water partition coefficient (Wildman–Crippen LogP) is 3.06. The van der Waals surface area contributed by atoms with Crippen molar-refractivity contribution >= 4 is 27.7 Å². The molecule has 1 aromatic carbocycles. The molecule has 2 aromatic rings. The van der Waals surface area contributed by atoms with Crippen LogP contribution in [0.5, 0.6) is 0 Å². The van der Waals surface area contributed by atoms with E-state index in [-0.39, 0.29) is 6.04 Å². The van der Waals surface area contributed by atoms with Gasteiger partial charge in [0.05, 0.1) is 0 Å². The van der Waals surface area contributed by atoms with Gasteiger partial charge in [0.15, 0.2) is 5.16 Å². The molecule has 2 rings (SSSR count). The number of hydrogen-bond donors (Lipinski definition) is 1. The van der Waals surface area contributed by atoms with Gasteiger partial charge in [0, 0.05) is 22.5 Å². The van der Waals surface area contributed by atoms with Gasteiger partial charge in [-0.2, -0.15) is 0 Å². The minimum atomic E-state index is 0.0236. The third-order valence-corrected chi connectivity index (χ3v) is 4.44. The Balaban J connectivity index is 2.25. The highest BCUT2D eigenvalue weighted by Gasteiger charge is 2.10. The van der Waals surface area contributed by atoms with E-state index in [1.54, 1.807) is 11.8 Å². The zero-order chi connectivity index (χ0) is 13.3. The summed E-state index contributed by atoms with van der Waals surface area (Å²) in [7, 11) is 1.96. The highest BCUT2D eigenvalue weighted by molar-refractivity contribution is 9.10. The van der Waals surface area contributed by atoms with Crippen LogP contribution < -0.4 is 5.73 Å². The van der Waals surface area contributed by atoms with Crippen LogP contribution in [0, 0.1) is 6.92 Å². The first-order chi connectivity index (χ1) is 8.49. The molecule has 1 unspecified atom stereocenters. The Labute approximate surface area is 119 Å². The average Bonchev–Trinajstić information content (AvgIpc) is 2.61. The molecule has 0 fully saturated rings. The fourth-order valence-corrected chi connectivity index (χ4v) is 3.29. The van der Waals surface area contributed by atoms with E-state index in [1.165, 1.54) is 0 Å². The van der Waals surface area contributed by atoms with Crippen LogP contribution in [0.25, 0.3) is 0 Å². The second-order valence-corrected chi connectivity index (χ2v) is 6.06. The third kappa shape index (κ3) is 2.76. The van der Waals surface area contributed by atoms with Gasteiger partial charge in [-0.1, -0.05) is 22.0 Å². The van der Waals surface area contributed by atoms with Crippen LogP contribution in [0.4, 0.5) is 0 Å². The fourth-order valence-electron chi connectivity index (χ4n) is 1.52. The second-order valence-electron chi connectivity index (χ2n) is 4.16. The normalized spacial score (nSPS) is 12.7. The molecule has 0 spiro atoms. The van der Waals surface area contributed by atoms with Crippen LogP contribution in [0.1, 0.15) is 24.4 Å². The van der Waals surface area contributed by atoms with E-state index in [2.05, 4.69) is 38.3 Å². The van der Waals surface area contributed by atoms with E-state index in [0.717, 1.165) is 25.9 Å². The van der Waals surface area contributed by atoms with Crippen molar-refractivity contribution in [1.82, 2.24) is 14.8 Å². The van der Waals surface area contributed by atoms with E-state index in [9.17, 15) is 0 Å². The molecule has 1 aromatic heterocycles. The summed E-state index contributed by atoms with van der Waals surface area (Å²) in [6.07, 6.45) is 0. The Bertz CT molecular complexity index is 565. The lowest BCUT2D eigenvalue weighted by molar-refractivity contribution is 0.765. The average molecular weight is 327 g/mol. The minimum Gasteiger partial charge on any atom is -0.324 e. The number of hydrogen-bond acceptors (Lipinski definition) is 4. The zero-order valence-corrected chi connectivity index (χ0v) is 12.9. The number of nitrogens with zero attached hydrogens (tertiary/aromatic N) is 3. The van der Waals surface area contributed by atoms with E-state index >= 15 is 0 Å². The number of benzene rings is 1. The van der Waals surface area contributed by atoms with Crippen molar-refractivity contribution in [2.75, 3.05) is 0 Å². The molecular weight excluding hydrogens is 312 g/mol. The van der Waals surface area contributed by atoms with Crippen LogP contribution >= 0.6 is 27.7 Å². The summed E-state index contributed by atoms with van der Waals surface area (Å²) in [4.78, 5) is 1.11. The number of rotatable bonds is 3. The number of nitrogens with two attached hydrogens (primary N) is 1. The zero-order valence-electron chi connectivity index (χ0n) is 10.5. The van der Waals surface area contributed by atoms with Crippen LogP contribution in [0.3, 0.4) is 0 Å². The molecule has 1 heterocycles. The van der Waals surface area contributed by atoms with Crippen LogP contribution in [-0.4, -0.2) is 14.8 Å². The second kappa shape index (κ2) is 5.42. The van der Waals surface area contributed by atoms with Crippen molar-refractivity contribution in [1.29, 1.82) is 0 Å². The Morgan fingerprint density at radius 3 is 2.61 bits per heavy atom. The molecule has 0 aliphatic heterocycles. The predicted molar refractivity (Wildman–Crippen MR) is 76.6 cm³/mol. The summed E-state index contributed by atoms with van der Waals surface area (Å²) in [5.41, 5.74) is 6.99. The molecule has 0 radical (unpaired) electrons. The molecular formula is C12H15BrN4S. The van der Waals surface area contributed by atoms with Gasteiger partial charge in [-0.05, 0) is 43.3 Å². The monoisotopic (exact) mass is 326 g/mol. The van der Waals surface area contributed by atoms with Crippen molar-refractivity contribution in [2.45, 2.75) is 29.9 Å². The molecule has 0 saturated heterocycles. The van der Waals surface area contributed by atoms with E-state index in [0.29, 0.717) is 0 Å². The van der Waals surface area contributed by atoms with Gasteiger partial charge in [-0.3, -0.25) is 0 Å². The van der Waals surface area contributed by atoms with Crippen LogP contribution in [0.15, 0.2) is 32.7 Å². The van der Waals surface area contributed by atoms with Crippen molar-refractivity contribution in [3.8, 4) is 0 Å². The van der Waals surface area contributed by atoms with Gasteiger partial charge in [-0.25, -0.2) is 0 Å². The minimum absolute atomic E-state index is 0.0236. The summed E-state index contributed by atoms with van der Waals surface area (Å²) in [6, 6.07) is 6.18. The largest absolute Gasteiger partial charge is 0.324 e. The summed E-state index contributed by atoms with van der Waals surface area (Å²) in [5, 5.41) is 9.06. The highest BCUT2D eigenvalue weighted by Crippen LogP contribution is 2.31. The van der Waals surface area contributed by atoms with E-state index in [1.807, 2.05) is 31.5 Å². The van der Waals surface area contributed by atoms with Gasteiger partial charge in [-0.15, -0.1) is 10.2 Å². The smallest absolute Gasteiger partial charge is 0.195 e. The van der Waals surface area contributed by atoms with Gasteiger partial charge in [0.1, 0.15) is 5.82 Å². The quantitative estimate of drug-likeness (QED) is 0.941. The molecule has 0 aliphatic rings. The lowest BCUT2D eigenvalue weighted by Crippen LogP contribution is -2.05. The summed E-state index contributed by atoms with van der Waals surface area (Å²) >= 11 is 5.14. The molecule has 96 valence electrons. The number of aryl methyl sites for hydroxylation is 1. The fraction of sp³-hybridized carbons (Fsp3) is 0.333. The number of halogens is 1. The molecule has 0 bridgehead atoms. The third-order valence-electron chi connectivity index (χ3n) is 2.72. The van der Waals surface area contributed by atoms with Crippen LogP contribution in [0.2, 0.25) is 0 Å². The first-order valence-corrected chi connectivity index (χ1v) is 7.19. The van der Waals surface area contributed by atoms with Gasteiger partial charge >= 0.3 is 0 Å². The lowest BCUT2D eigenvalue weighted by atomic mass is 10.1. The molecule has 0 aliphatic carbocycles. The molecule has 4 nitrogen and oxygen atoms in total. The molecule has 6 heteroatoms. The summed E-state index contributed by atoms with van der Waals surface area (Å²) < 4.78 is 3.00. The lowest BCUT2D eigenvalue weighted by Gasteiger charge is -2.09. The van der Waals surface area contributed by atoms with Crippen molar-refractivity contribution in [3.05, 3.63) is 34.1 Å². The van der Waals surface area contributed by atoms with Crippen molar-refractivity contribution in [2.24, 2.45) is 12.8 Å². The summed E-state index contributed by atoms with van der Waals surface area (Å²) in [5.74, 6) is 0.906. The Morgan fingerprint density at radius 2 is 2.11 bits per heavy atom. The van der Waals surface area contributed by atoms with E-state index < -0.39 is 0 Å². The maximum absolute atomic E-state index is 5.88. The molecule has 1 atom stereocenters. The maximum Gasteiger partial charge on any atom is 0.195 e. The van der Waals surface area contributed by atoms with Crippen molar-refractivity contribution in [3.63, 3.8) is 0 Å². The first-order valence-electron chi connectivity index (χ1n) is 5.58. The topological polar surface area (TPSA) is 56.7 Å². The molecule has 0 amide bonds. The Morgan fingerprint density at radius 1 is 1.39 bits per heavy atom.